The fourth-order valence-corrected chi connectivity index (χ4v) is 3.20. The predicted octanol–water partition coefficient (Wildman–Crippen LogP) is 2.22. The number of carbonyl (C=O) groups excluding carboxylic acids is 4. The van der Waals surface area contributed by atoms with Crippen molar-refractivity contribution in [1.29, 1.82) is 0 Å². The minimum Gasteiger partial charge on any atom is -0.468 e. The number of ether oxygens (including phenoxy) is 4. The average molecular weight is 415 g/mol. The molecule has 0 saturated carbocycles. The van der Waals surface area contributed by atoms with Gasteiger partial charge >= 0.3 is 12.1 Å². The van der Waals surface area contributed by atoms with E-state index in [-0.39, 0.29) is 37.7 Å². The van der Waals surface area contributed by atoms with E-state index in [1.807, 2.05) is 6.07 Å². The van der Waals surface area contributed by atoms with E-state index in [4.69, 9.17) is 18.9 Å². The number of rotatable bonds is 8. The SMILES string of the molecule is CC(=O)OCC=CCC1(OC(=O)OCc2ccccc2)C(=CC=O)O[C@@H]2CC(=O)N21. The Labute approximate surface area is 172 Å². The van der Waals surface area contributed by atoms with Gasteiger partial charge in [-0.15, -0.1) is 0 Å². The van der Waals surface area contributed by atoms with Gasteiger partial charge in [-0.25, -0.2) is 4.79 Å². The monoisotopic (exact) mass is 415 g/mol. The maximum absolute atomic E-state index is 12.4. The number of allylic oxidation sites excluding steroid dienone is 1. The topological polar surface area (TPSA) is 108 Å². The standard InChI is InChI=1S/C21H21NO8/c1-15(24)27-12-6-5-10-21(17(9-11-23)29-19-13-18(25)22(19)21)30-20(26)28-14-16-7-3-2-4-8-16/h2-9,11,19H,10,12-14H2,1H3/t19-,21?/m1/s1. The maximum atomic E-state index is 12.4. The zero-order chi connectivity index (χ0) is 21.6. The van der Waals surface area contributed by atoms with E-state index in [9.17, 15) is 19.2 Å². The number of benzene rings is 1. The molecular formula is C21H21NO8. The van der Waals surface area contributed by atoms with Gasteiger partial charge in [0.15, 0.2) is 12.0 Å². The molecule has 0 radical (unpaired) electrons. The molecule has 1 aromatic carbocycles. The lowest BCUT2D eigenvalue weighted by Gasteiger charge is -2.41. The van der Waals surface area contributed by atoms with Gasteiger partial charge in [0.1, 0.15) is 19.5 Å². The molecule has 2 aliphatic heterocycles. The summed E-state index contributed by atoms with van der Waals surface area (Å²) in [5.41, 5.74) is -0.893. The van der Waals surface area contributed by atoms with Crippen LogP contribution in [-0.2, 0) is 39.9 Å². The molecule has 1 unspecified atom stereocenters. The summed E-state index contributed by atoms with van der Waals surface area (Å²) in [4.78, 5) is 47.9. The van der Waals surface area contributed by atoms with E-state index in [1.54, 1.807) is 30.3 Å². The number of β-lactam (4-membered cyclic amide) rings is 1. The quantitative estimate of drug-likeness (QED) is 0.209. The highest BCUT2D eigenvalue weighted by Gasteiger charge is 2.62. The summed E-state index contributed by atoms with van der Waals surface area (Å²) in [6, 6.07) is 9.01. The van der Waals surface area contributed by atoms with Gasteiger partial charge < -0.3 is 18.9 Å². The van der Waals surface area contributed by atoms with Gasteiger partial charge in [0, 0.05) is 19.4 Å². The first-order valence-electron chi connectivity index (χ1n) is 9.29. The van der Waals surface area contributed by atoms with Crippen LogP contribution in [0.5, 0.6) is 0 Å². The molecule has 0 N–H and O–H groups in total. The van der Waals surface area contributed by atoms with E-state index in [0.29, 0.717) is 6.29 Å². The van der Waals surface area contributed by atoms with Crippen molar-refractivity contribution in [2.75, 3.05) is 6.61 Å². The van der Waals surface area contributed by atoms with E-state index >= 15 is 0 Å². The van der Waals surface area contributed by atoms with Gasteiger partial charge in [0.2, 0.25) is 5.91 Å². The highest BCUT2D eigenvalue weighted by atomic mass is 16.8. The number of hydrogen-bond acceptors (Lipinski definition) is 8. The van der Waals surface area contributed by atoms with E-state index in [2.05, 4.69) is 0 Å². The number of esters is 1. The summed E-state index contributed by atoms with van der Waals surface area (Å²) in [7, 11) is 0. The molecule has 1 aromatic rings. The van der Waals surface area contributed by atoms with Crippen LogP contribution < -0.4 is 0 Å². The van der Waals surface area contributed by atoms with Crippen LogP contribution in [0.15, 0.2) is 54.3 Å². The van der Waals surface area contributed by atoms with Gasteiger partial charge in [-0.1, -0.05) is 42.5 Å². The molecule has 1 amide bonds. The van der Waals surface area contributed by atoms with E-state index < -0.39 is 24.1 Å². The molecule has 2 fully saturated rings. The Kier molecular flexibility index (Phi) is 6.51. The number of aldehydes is 1. The van der Waals surface area contributed by atoms with Gasteiger partial charge in [0.25, 0.3) is 5.72 Å². The van der Waals surface area contributed by atoms with Gasteiger partial charge in [-0.3, -0.25) is 19.3 Å². The Hall–Kier alpha value is -3.62. The third kappa shape index (κ3) is 4.51. The molecule has 9 nitrogen and oxygen atoms in total. The Morgan fingerprint density at radius 2 is 2.00 bits per heavy atom. The first kappa shape index (κ1) is 21.1. The van der Waals surface area contributed by atoms with Crippen LogP contribution >= 0.6 is 0 Å². The third-order valence-corrected chi connectivity index (χ3v) is 4.56. The molecule has 2 heterocycles. The maximum Gasteiger partial charge on any atom is 0.511 e. The van der Waals surface area contributed by atoms with Crippen LogP contribution in [0, 0.1) is 0 Å². The molecule has 0 spiro atoms. The second-order valence-corrected chi connectivity index (χ2v) is 6.60. The van der Waals surface area contributed by atoms with Crippen molar-refractivity contribution < 1.29 is 38.1 Å². The normalized spacial score (nSPS) is 23.5. The lowest BCUT2D eigenvalue weighted by atomic mass is 10.0. The highest BCUT2D eigenvalue weighted by molar-refractivity contribution is 5.85. The summed E-state index contributed by atoms with van der Waals surface area (Å²) in [5.74, 6) is -0.709. The van der Waals surface area contributed by atoms with Crippen molar-refractivity contribution >= 4 is 24.3 Å². The number of carbonyl (C=O) groups is 4. The molecule has 0 aliphatic carbocycles. The molecule has 2 aliphatic rings. The smallest absolute Gasteiger partial charge is 0.468 e. The zero-order valence-electron chi connectivity index (χ0n) is 16.3. The third-order valence-electron chi connectivity index (χ3n) is 4.56. The second kappa shape index (κ2) is 9.25. The van der Waals surface area contributed by atoms with Crippen LogP contribution in [0.4, 0.5) is 4.79 Å². The van der Waals surface area contributed by atoms with Gasteiger partial charge in [0.05, 0.1) is 6.42 Å². The Morgan fingerprint density at radius 3 is 2.67 bits per heavy atom. The van der Waals surface area contributed by atoms with Crippen LogP contribution in [0.3, 0.4) is 0 Å². The molecule has 30 heavy (non-hydrogen) atoms. The molecular weight excluding hydrogens is 394 g/mol. The first-order chi connectivity index (χ1) is 14.5. The second-order valence-electron chi connectivity index (χ2n) is 6.60. The van der Waals surface area contributed by atoms with Crippen LogP contribution in [0.25, 0.3) is 0 Å². The Bertz CT molecular complexity index is 878. The van der Waals surface area contributed by atoms with Crippen LogP contribution in [0.1, 0.15) is 25.3 Å². The summed E-state index contributed by atoms with van der Waals surface area (Å²) in [6.07, 6.45) is 3.15. The van der Waals surface area contributed by atoms with Crippen molar-refractivity contribution in [1.82, 2.24) is 4.90 Å². The minimum absolute atomic E-state index is 0.00876. The lowest BCUT2D eigenvalue weighted by Crippen LogP contribution is -2.60. The minimum atomic E-state index is -1.65. The average Bonchev–Trinajstić information content (AvgIpc) is 2.94. The number of amides is 1. The lowest BCUT2D eigenvalue weighted by molar-refractivity contribution is -0.180. The molecule has 2 atom stereocenters. The molecule has 158 valence electrons. The van der Waals surface area contributed by atoms with Crippen molar-refractivity contribution in [2.24, 2.45) is 0 Å². The predicted molar refractivity (Wildman–Crippen MR) is 101 cm³/mol. The van der Waals surface area contributed by atoms with E-state index in [0.717, 1.165) is 11.6 Å². The van der Waals surface area contributed by atoms with Crippen LogP contribution in [0.2, 0.25) is 0 Å². The summed E-state index contributed by atoms with van der Waals surface area (Å²) >= 11 is 0. The fraction of sp³-hybridized carbons (Fsp3) is 0.333. The Balaban J connectivity index is 1.77. The number of fused-ring (bicyclic) bond motifs is 1. The van der Waals surface area contributed by atoms with Crippen molar-refractivity contribution in [2.45, 2.75) is 38.3 Å². The summed E-state index contributed by atoms with van der Waals surface area (Å²) < 4.78 is 21.2. The first-order valence-corrected chi connectivity index (χ1v) is 9.29. The summed E-state index contributed by atoms with van der Waals surface area (Å²) in [6.45, 7) is 1.26. The molecule has 3 rings (SSSR count). The van der Waals surface area contributed by atoms with Crippen molar-refractivity contribution in [3.05, 3.63) is 59.9 Å². The number of hydrogen-bond donors (Lipinski definition) is 0. The van der Waals surface area contributed by atoms with Crippen molar-refractivity contribution in [3.8, 4) is 0 Å². The summed E-state index contributed by atoms with van der Waals surface area (Å²) in [5, 5.41) is 0. The molecule has 2 saturated heterocycles. The largest absolute Gasteiger partial charge is 0.511 e. The fourth-order valence-electron chi connectivity index (χ4n) is 3.20. The Morgan fingerprint density at radius 1 is 1.23 bits per heavy atom. The van der Waals surface area contributed by atoms with E-state index in [1.165, 1.54) is 17.9 Å². The van der Waals surface area contributed by atoms with Crippen LogP contribution in [-0.4, -0.2) is 47.8 Å². The van der Waals surface area contributed by atoms with Gasteiger partial charge in [-0.2, -0.15) is 0 Å². The van der Waals surface area contributed by atoms with Gasteiger partial charge in [-0.05, 0) is 5.56 Å². The number of nitrogens with zero attached hydrogens (tertiary/aromatic N) is 1. The molecule has 0 bridgehead atoms. The molecule has 9 heteroatoms. The zero-order valence-corrected chi connectivity index (χ0v) is 16.3. The van der Waals surface area contributed by atoms with Crippen molar-refractivity contribution in [3.63, 3.8) is 0 Å². The highest BCUT2D eigenvalue weighted by Crippen LogP contribution is 2.47. The molecule has 0 aromatic heterocycles.